The number of aldehydes is 1. The number of rotatable bonds is 16. The lowest BCUT2D eigenvalue weighted by molar-refractivity contribution is -0.139. The number of benzene rings is 3. The molecule has 0 amide bonds. The molecule has 0 atom stereocenters. The van der Waals surface area contributed by atoms with Crippen LogP contribution < -0.4 is 10.4 Å². The van der Waals surface area contributed by atoms with Crippen LogP contribution >= 0.6 is 31.9 Å². The number of phenolic OH excluding ortho intramolecular Hbond substituents is 1. The number of halogens is 2. The fourth-order valence-electron chi connectivity index (χ4n) is 4.92. The first kappa shape index (κ1) is 43.3. The van der Waals surface area contributed by atoms with Gasteiger partial charge in [-0.25, -0.2) is 19.2 Å². The van der Waals surface area contributed by atoms with Gasteiger partial charge in [0.05, 0.1) is 24.3 Å². The summed E-state index contributed by atoms with van der Waals surface area (Å²) in [7, 11) is 0. The third-order valence-electron chi connectivity index (χ3n) is 7.78. The molecule has 0 unspecified atom stereocenters. The van der Waals surface area contributed by atoms with E-state index in [0.29, 0.717) is 76.7 Å². The Hall–Kier alpha value is -5.07. The lowest BCUT2D eigenvalue weighted by Crippen LogP contribution is -2.08. The largest absolute Gasteiger partial charge is 0.507 e. The first-order chi connectivity index (χ1) is 25.6. The SMILES string of the molecule is C=C(C)C(=O)OCCCCc1cc(CCCCOC(=O)C(=C)C)c2cc(-c3ccc(OC(=O)C(=C)C)cc3)c(=O)oc2c1.O=Cc1c(O)cc(Br)cc1Br. The maximum Gasteiger partial charge on any atom is 0.344 e. The van der Waals surface area contributed by atoms with E-state index >= 15 is 0 Å². The Bertz CT molecular complexity index is 2090. The van der Waals surface area contributed by atoms with Crippen LogP contribution in [0.2, 0.25) is 0 Å². The van der Waals surface area contributed by atoms with Crippen molar-refractivity contribution in [3.05, 3.63) is 127 Å². The fraction of sp³-hybridized carbons (Fsp3) is 0.262. The topological polar surface area (TPSA) is 146 Å². The smallest absolute Gasteiger partial charge is 0.344 e. The number of hydrogen-bond acceptors (Lipinski definition) is 10. The highest BCUT2D eigenvalue weighted by Gasteiger charge is 2.14. The van der Waals surface area contributed by atoms with Crippen molar-refractivity contribution in [1.29, 1.82) is 0 Å². The maximum atomic E-state index is 13.1. The molecule has 0 aliphatic carbocycles. The number of phenols is 1. The van der Waals surface area contributed by atoms with Crippen LogP contribution in [0.3, 0.4) is 0 Å². The summed E-state index contributed by atoms with van der Waals surface area (Å²) >= 11 is 6.31. The van der Waals surface area contributed by atoms with E-state index in [1.807, 2.05) is 12.1 Å². The Morgan fingerprint density at radius 2 is 1.35 bits per heavy atom. The molecule has 12 heteroatoms. The van der Waals surface area contributed by atoms with E-state index in [-0.39, 0.29) is 23.5 Å². The molecule has 10 nitrogen and oxygen atoms in total. The van der Waals surface area contributed by atoms with Gasteiger partial charge in [-0.1, -0.05) is 53.9 Å². The fourth-order valence-corrected chi connectivity index (χ4v) is 6.21. The minimum atomic E-state index is -0.527. The molecule has 0 bridgehead atoms. The molecule has 0 saturated heterocycles. The zero-order valence-corrected chi connectivity index (χ0v) is 33.6. The predicted molar refractivity (Wildman–Crippen MR) is 215 cm³/mol. The van der Waals surface area contributed by atoms with Crippen molar-refractivity contribution in [2.75, 3.05) is 13.2 Å². The zero-order valence-electron chi connectivity index (χ0n) is 30.4. The number of hydrogen-bond donors (Lipinski definition) is 1. The number of carbonyl (C=O) groups excluding carboxylic acids is 4. The molecular formula is C42H42Br2O10. The Labute approximate surface area is 330 Å². The Morgan fingerprint density at radius 1 is 0.778 bits per heavy atom. The molecule has 0 fully saturated rings. The van der Waals surface area contributed by atoms with Crippen LogP contribution in [0.25, 0.3) is 22.1 Å². The summed E-state index contributed by atoms with van der Waals surface area (Å²) in [5.74, 6) is -1.02. The van der Waals surface area contributed by atoms with E-state index in [1.54, 1.807) is 51.1 Å². The molecule has 4 rings (SSSR count). The average molecular weight is 867 g/mol. The molecule has 1 N–H and O–H groups in total. The predicted octanol–water partition coefficient (Wildman–Crippen LogP) is 9.56. The van der Waals surface area contributed by atoms with Crippen LogP contribution in [0.4, 0.5) is 0 Å². The summed E-state index contributed by atoms with van der Waals surface area (Å²) in [5, 5.41) is 9.99. The first-order valence-corrected chi connectivity index (χ1v) is 18.6. The van der Waals surface area contributed by atoms with Gasteiger partial charge in [-0.05, 0) is 128 Å². The van der Waals surface area contributed by atoms with Gasteiger partial charge in [0.25, 0.3) is 0 Å². The third-order valence-corrected chi connectivity index (χ3v) is 8.89. The number of aromatic hydroxyl groups is 1. The van der Waals surface area contributed by atoms with Crippen LogP contribution in [0.15, 0.2) is 109 Å². The van der Waals surface area contributed by atoms with Crippen molar-refractivity contribution in [3.63, 3.8) is 0 Å². The second-order valence-electron chi connectivity index (χ2n) is 12.5. The third kappa shape index (κ3) is 13.1. The Morgan fingerprint density at radius 3 is 1.89 bits per heavy atom. The number of ether oxygens (including phenoxy) is 3. The van der Waals surface area contributed by atoms with Crippen molar-refractivity contribution < 1.29 is 42.9 Å². The lowest BCUT2D eigenvalue weighted by atomic mass is 9.96. The van der Waals surface area contributed by atoms with Gasteiger partial charge >= 0.3 is 23.5 Å². The van der Waals surface area contributed by atoms with Crippen LogP contribution in [0.5, 0.6) is 11.5 Å². The van der Waals surface area contributed by atoms with Gasteiger partial charge in [0, 0.05) is 31.1 Å². The van der Waals surface area contributed by atoms with Gasteiger partial charge < -0.3 is 23.7 Å². The van der Waals surface area contributed by atoms with Gasteiger partial charge in [0.15, 0.2) is 6.29 Å². The molecule has 3 aromatic carbocycles. The second-order valence-corrected chi connectivity index (χ2v) is 14.3. The Balaban J connectivity index is 0.000000609. The minimum absolute atomic E-state index is 0.0266. The normalized spacial score (nSPS) is 10.5. The van der Waals surface area contributed by atoms with E-state index in [1.165, 1.54) is 6.07 Å². The molecule has 0 aliphatic rings. The summed E-state index contributed by atoms with van der Waals surface area (Å²) in [6.45, 7) is 16.1. The summed E-state index contributed by atoms with van der Waals surface area (Å²) in [6.07, 6.45) is 4.85. The quantitative estimate of drug-likeness (QED) is 0.0289. The van der Waals surface area contributed by atoms with Crippen molar-refractivity contribution >= 4 is 67.0 Å². The maximum absolute atomic E-state index is 13.1. The molecule has 4 aromatic rings. The second kappa shape index (κ2) is 21.0. The zero-order chi connectivity index (χ0) is 39.9. The van der Waals surface area contributed by atoms with Crippen LogP contribution in [0.1, 0.15) is 67.9 Å². The van der Waals surface area contributed by atoms with Gasteiger partial charge in [-0.15, -0.1) is 0 Å². The number of carbonyl (C=O) groups is 4. The molecule has 0 saturated carbocycles. The van der Waals surface area contributed by atoms with Crippen molar-refractivity contribution in [2.24, 2.45) is 0 Å². The van der Waals surface area contributed by atoms with Crippen molar-refractivity contribution in [1.82, 2.24) is 0 Å². The molecule has 0 spiro atoms. The van der Waals surface area contributed by atoms with Gasteiger partial charge in [0.2, 0.25) is 0 Å². The molecule has 54 heavy (non-hydrogen) atoms. The molecule has 1 heterocycles. The minimum Gasteiger partial charge on any atom is -0.507 e. The van der Waals surface area contributed by atoms with Gasteiger partial charge in [0.1, 0.15) is 17.1 Å². The van der Waals surface area contributed by atoms with Crippen molar-refractivity contribution in [2.45, 2.75) is 59.3 Å². The van der Waals surface area contributed by atoms with Gasteiger partial charge in [-0.2, -0.15) is 0 Å². The molecule has 0 aliphatic heterocycles. The van der Waals surface area contributed by atoms with Crippen molar-refractivity contribution in [3.8, 4) is 22.6 Å². The monoisotopic (exact) mass is 864 g/mol. The molecular weight excluding hydrogens is 824 g/mol. The van der Waals surface area contributed by atoms with Gasteiger partial charge in [-0.3, -0.25) is 4.79 Å². The number of esters is 3. The summed E-state index contributed by atoms with van der Waals surface area (Å²) < 4.78 is 22.8. The van der Waals surface area contributed by atoms with E-state index in [9.17, 15) is 29.1 Å². The summed E-state index contributed by atoms with van der Waals surface area (Å²) in [4.78, 5) is 58.6. The number of fused-ring (bicyclic) bond motifs is 1. The highest BCUT2D eigenvalue weighted by Crippen LogP contribution is 2.30. The van der Waals surface area contributed by atoms with E-state index in [4.69, 9.17) is 18.6 Å². The van der Waals surface area contributed by atoms with Crippen LogP contribution in [-0.2, 0) is 36.7 Å². The van der Waals surface area contributed by atoms with Crippen LogP contribution in [0, 0.1) is 0 Å². The molecule has 1 aromatic heterocycles. The molecule has 284 valence electrons. The Kier molecular flexibility index (Phi) is 16.8. The number of unbranched alkanes of at least 4 members (excludes halogenated alkanes) is 2. The number of aryl methyl sites for hydroxylation is 2. The molecule has 0 radical (unpaired) electrons. The highest BCUT2D eigenvalue weighted by molar-refractivity contribution is 9.11. The van der Waals surface area contributed by atoms with E-state index < -0.39 is 23.5 Å². The standard InChI is InChI=1S/C35H38O8.C7H4Br2O2/c1-22(2)32(36)40-17-9-7-11-25-19-27(12-8-10-18-41-33(37)23(3)4)29-21-30(35(39)43-31(29)20-25)26-13-15-28(16-14-26)42-34(38)24(5)6;8-4-1-6(9)5(3-10)7(11)2-4/h13-16,19-21H,1,3,5,7-12,17-18H2,2,4,6H3;1-3,11H. The van der Waals surface area contributed by atoms with Crippen LogP contribution in [-0.4, -0.2) is 42.5 Å². The summed E-state index contributed by atoms with van der Waals surface area (Å²) in [6, 6.07) is 15.6. The highest BCUT2D eigenvalue weighted by atomic mass is 79.9. The van der Waals surface area contributed by atoms with E-state index in [0.717, 1.165) is 33.8 Å². The lowest BCUT2D eigenvalue weighted by Gasteiger charge is -2.12. The average Bonchev–Trinajstić information content (AvgIpc) is 3.11. The van der Waals surface area contributed by atoms with E-state index in [2.05, 4.69) is 57.7 Å². The first-order valence-electron chi connectivity index (χ1n) is 17.0. The summed E-state index contributed by atoms with van der Waals surface area (Å²) in [5.41, 5.74) is 4.29.